The van der Waals surface area contributed by atoms with Gasteiger partial charge in [-0.25, -0.2) is 4.39 Å². The molecule has 1 aromatic rings. The van der Waals surface area contributed by atoms with Gasteiger partial charge in [0.25, 0.3) is 0 Å². The van der Waals surface area contributed by atoms with E-state index < -0.39 is 5.82 Å². The molecule has 0 aliphatic carbocycles. The van der Waals surface area contributed by atoms with Gasteiger partial charge < -0.3 is 14.2 Å². The summed E-state index contributed by atoms with van der Waals surface area (Å²) in [5.74, 6) is -0.299. The lowest BCUT2D eigenvalue weighted by atomic mass is 10.1. The summed E-state index contributed by atoms with van der Waals surface area (Å²) in [6.45, 7) is -0.0111. The third-order valence-electron chi connectivity index (χ3n) is 1.93. The first kappa shape index (κ1) is 8.80. The molecule has 0 N–H and O–H groups in total. The van der Waals surface area contributed by atoms with E-state index in [1.165, 1.54) is 7.11 Å². The highest BCUT2D eigenvalue weighted by Crippen LogP contribution is 2.41. The van der Waals surface area contributed by atoms with Gasteiger partial charge in [-0.3, -0.25) is 4.79 Å². The topological polar surface area (TPSA) is 44.8 Å². The van der Waals surface area contributed by atoms with Crippen molar-refractivity contribution in [2.75, 3.05) is 13.9 Å². The molecule has 2 rings (SSSR count). The van der Waals surface area contributed by atoms with Gasteiger partial charge in [0.2, 0.25) is 6.79 Å². The number of benzene rings is 1. The van der Waals surface area contributed by atoms with Crippen molar-refractivity contribution in [3.05, 3.63) is 17.4 Å². The van der Waals surface area contributed by atoms with Crippen LogP contribution in [0.25, 0.3) is 0 Å². The van der Waals surface area contributed by atoms with Crippen molar-refractivity contribution in [3.8, 4) is 17.2 Å². The largest absolute Gasteiger partial charge is 0.493 e. The van der Waals surface area contributed by atoms with Crippen molar-refractivity contribution >= 4 is 6.29 Å². The highest BCUT2D eigenvalue weighted by Gasteiger charge is 2.24. The van der Waals surface area contributed by atoms with E-state index in [4.69, 9.17) is 14.2 Å². The smallest absolute Gasteiger partial charge is 0.231 e. The third kappa shape index (κ3) is 1.09. The van der Waals surface area contributed by atoms with Gasteiger partial charge in [0.15, 0.2) is 29.4 Å². The Hall–Kier alpha value is -1.78. The number of fused-ring (bicyclic) bond motifs is 1. The van der Waals surface area contributed by atoms with E-state index >= 15 is 0 Å². The highest BCUT2D eigenvalue weighted by atomic mass is 19.1. The Morgan fingerprint density at radius 2 is 2.36 bits per heavy atom. The van der Waals surface area contributed by atoms with Gasteiger partial charge in [-0.2, -0.15) is 0 Å². The van der Waals surface area contributed by atoms with Gasteiger partial charge in [0.05, 0.1) is 7.11 Å². The first-order valence-corrected chi connectivity index (χ1v) is 3.89. The lowest BCUT2D eigenvalue weighted by Gasteiger charge is -2.07. The number of rotatable bonds is 2. The van der Waals surface area contributed by atoms with Gasteiger partial charge in [0.1, 0.15) is 5.56 Å². The van der Waals surface area contributed by atoms with Gasteiger partial charge in [-0.15, -0.1) is 0 Å². The molecule has 0 unspecified atom stereocenters. The summed E-state index contributed by atoms with van der Waals surface area (Å²) in [6, 6.07) is 1.13. The summed E-state index contributed by atoms with van der Waals surface area (Å²) in [5.41, 5.74) is 0.0417. The van der Waals surface area contributed by atoms with E-state index in [0.29, 0.717) is 6.29 Å². The van der Waals surface area contributed by atoms with E-state index in [9.17, 15) is 9.18 Å². The van der Waals surface area contributed by atoms with Crippen molar-refractivity contribution in [2.24, 2.45) is 0 Å². The van der Waals surface area contributed by atoms with Gasteiger partial charge >= 0.3 is 0 Å². The van der Waals surface area contributed by atoms with Crippen LogP contribution in [0.5, 0.6) is 17.2 Å². The van der Waals surface area contributed by atoms with Crippen molar-refractivity contribution in [1.82, 2.24) is 0 Å². The number of hydrogen-bond donors (Lipinski definition) is 0. The number of aldehydes is 1. The Morgan fingerprint density at radius 1 is 1.57 bits per heavy atom. The highest BCUT2D eigenvalue weighted by molar-refractivity contribution is 5.86. The fraction of sp³-hybridized carbons (Fsp3) is 0.222. The van der Waals surface area contributed by atoms with Crippen LogP contribution in [-0.2, 0) is 0 Å². The molecule has 0 fully saturated rings. The average Bonchev–Trinajstić information content (AvgIpc) is 2.62. The van der Waals surface area contributed by atoms with Crippen molar-refractivity contribution in [3.63, 3.8) is 0 Å². The monoisotopic (exact) mass is 198 g/mol. The molecule has 14 heavy (non-hydrogen) atoms. The maximum absolute atomic E-state index is 13.3. The minimum Gasteiger partial charge on any atom is -0.493 e. The van der Waals surface area contributed by atoms with Crippen molar-refractivity contribution in [2.45, 2.75) is 0 Å². The van der Waals surface area contributed by atoms with Gasteiger partial charge in [-0.1, -0.05) is 0 Å². The summed E-state index contributed by atoms with van der Waals surface area (Å²) >= 11 is 0. The van der Waals surface area contributed by atoms with E-state index in [1.54, 1.807) is 0 Å². The molecule has 0 spiro atoms. The fourth-order valence-corrected chi connectivity index (χ4v) is 1.33. The second kappa shape index (κ2) is 3.17. The molecule has 4 nitrogen and oxygen atoms in total. The molecule has 0 radical (unpaired) electrons. The number of ether oxygens (including phenoxy) is 3. The molecule has 0 bridgehead atoms. The molecule has 74 valence electrons. The summed E-state index contributed by atoms with van der Waals surface area (Å²) in [4.78, 5) is 10.7. The minimum atomic E-state index is -0.640. The molecule has 5 heteroatoms. The van der Waals surface area contributed by atoms with Crippen LogP contribution in [0.2, 0.25) is 0 Å². The van der Waals surface area contributed by atoms with E-state index in [-0.39, 0.29) is 29.6 Å². The maximum Gasteiger partial charge on any atom is 0.231 e. The molecule has 0 aromatic heterocycles. The quantitative estimate of drug-likeness (QED) is 0.673. The Bertz CT molecular complexity index is 385. The van der Waals surface area contributed by atoms with Crippen LogP contribution in [0.15, 0.2) is 6.07 Å². The predicted octanol–water partition coefficient (Wildman–Crippen LogP) is 1.38. The average molecular weight is 198 g/mol. The first-order valence-electron chi connectivity index (χ1n) is 3.89. The summed E-state index contributed by atoms with van der Waals surface area (Å²) in [5, 5.41) is 0. The molecule has 0 saturated carbocycles. The van der Waals surface area contributed by atoms with E-state index in [1.807, 2.05) is 0 Å². The zero-order valence-corrected chi connectivity index (χ0v) is 7.37. The zero-order chi connectivity index (χ0) is 10.1. The lowest BCUT2D eigenvalue weighted by molar-refractivity contribution is 0.111. The second-order valence-corrected chi connectivity index (χ2v) is 2.66. The fourth-order valence-electron chi connectivity index (χ4n) is 1.33. The number of carbonyl (C=O) groups is 1. The van der Waals surface area contributed by atoms with Gasteiger partial charge in [-0.05, 0) is 0 Å². The third-order valence-corrected chi connectivity index (χ3v) is 1.93. The Labute approximate surface area is 79.2 Å². The van der Waals surface area contributed by atoms with Crippen LogP contribution in [0, 0.1) is 5.82 Å². The molecule has 0 atom stereocenters. The Morgan fingerprint density at radius 3 is 3.00 bits per heavy atom. The van der Waals surface area contributed by atoms with Crippen molar-refractivity contribution < 1.29 is 23.4 Å². The first-order chi connectivity index (χ1) is 6.77. The molecule has 1 aromatic carbocycles. The maximum atomic E-state index is 13.3. The molecule has 0 saturated heterocycles. The summed E-state index contributed by atoms with van der Waals surface area (Å²) in [7, 11) is 1.29. The molecule has 1 aliphatic rings. The molecule has 0 amide bonds. The summed E-state index contributed by atoms with van der Waals surface area (Å²) in [6.07, 6.45) is 0.482. The zero-order valence-electron chi connectivity index (χ0n) is 7.37. The normalized spacial score (nSPS) is 12.7. The Balaban J connectivity index is 2.68. The molecular formula is C9H7FO4. The number of hydrogen-bond acceptors (Lipinski definition) is 4. The van der Waals surface area contributed by atoms with E-state index in [2.05, 4.69) is 0 Å². The molecule has 1 aliphatic heterocycles. The Kier molecular flexibility index (Phi) is 1.99. The van der Waals surface area contributed by atoms with Crippen LogP contribution in [-0.4, -0.2) is 20.2 Å². The standard InChI is InChI=1S/C9H7FO4/c1-12-8-5(3-11)9-7(2-6(8)10)13-4-14-9/h2-3H,4H2,1H3. The lowest BCUT2D eigenvalue weighted by Crippen LogP contribution is -1.97. The predicted molar refractivity (Wildman–Crippen MR) is 44.5 cm³/mol. The van der Waals surface area contributed by atoms with Crippen LogP contribution >= 0.6 is 0 Å². The van der Waals surface area contributed by atoms with Crippen LogP contribution < -0.4 is 14.2 Å². The number of halogens is 1. The molecular weight excluding hydrogens is 191 g/mol. The van der Waals surface area contributed by atoms with Gasteiger partial charge in [0, 0.05) is 6.07 Å². The summed E-state index contributed by atoms with van der Waals surface area (Å²) < 4.78 is 28.0. The van der Waals surface area contributed by atoms with E-state index in [0.717, 1.165) is 6.07 Å². The SMILES string of the molecule is COc1c(F)cc2c(c1C=O)OCO2. The number of carbonyl (C=O) groups excluding carboxylic acids is 1. The molecule has 1 heterocycles. The number of methoxy groups -OCH3 is 1. The second-order valence-electron chi connectivity index (χ2n) is 2.66. The van der Waals surface area contributed by atoms with Crippen LogP contribution in [0.4, 0.5) is 4.39 Å². The van der Waals surface area contributed by atoms with Crippen molar-refractivity contribution in [1.29, 1.82) is 0 Å². The van der Waals surface area contributed by atoms with Crippen LogP contribution in [0.3, 0.4) is 0 Å². The van der Waals surface area contributed by atoms with Crippen LogP contribution in [0.1, 0.15) is 10.4 Å². The minimum absolute atomic E-state index is 0.0111.